The number of rotatable bonds is 5. The van der Waals surface area contributed by atoms with Crippen LogP contribution >= 0.6 is 0 Å². The number of H-pyrrole nitrogens is 1. The van der Waals surface area contributed by atoms with Gasteiger partial charge in [-0.05, 0) is 32.6 Å². The lowest BCUT2D eigenvalue weighted by molar-refractivity contribution is -0.126. The molecule has 1 fully saturated rings. The molecule has 0 radical (unpaired) electrons. The maximum atomic E-state index is 12.9. The molecule has 0 aliphatic carbocycles. The van der Waals surface area contributed by atoms with Crippen LogP contribution in [0.4, 0.5) is 0 Å². The molecule has 7 nitrogen and oxygen atoms in total. The van der Waals surface area contributed by atoms with Crippen molar-refractivity contribution in [2.75, 3.05) is 19.6 Å². The second-order valence-electron chi connectivity index (χ2n) is 6.60. The quantitative estimate of drug-likeness (QED) is 0.840. The minimum atomic E-state index is -3.62. The zero-order valence-electron chi connectivity index (χ0n) is 14.2. The summed E-state index contributed by atoms with van der Waals surface area (Å²) in [5.41, 5.74) is 1.00. The predicted octanol–water partition coefficient (Wildman–Crippen LogP) is 1.20. The number of aryl methyl sites for hydroxylation is 2. The van der Waals surface area contributed by atoms with Crippen LogP contribution < -0.4 is 5.32 Å². The zero-order valence-corrected chi connectivity index (χ0v) is 15.0. The van der Waals surface area contributed by atoms with Crippen molar-refractivity contribution < 1.29 is 13.2 Å². The lowest BCUT2D eigenvalue weighted by Crippen LogP contribution is -2.46. The molecular formula is C15H26N4O3S. The monoisotopic (exact) mass is 342 g/mol. The van der Waals surface area contributed by atoms with Gasteiger partial charge in [0, 0.05) is 19.6 Å². The van der Waals surface area contributed by atoms with E-state index >= 15 is 0 Å². The van der Waals surface area contributed by atoms with Crippen LogP contribution in [0.2, 0.25) is 0 Å². The Bertz CT molecular complexity index is 647. The van der Waals surface area contributed by atoms with E-state index in [1.807, 2.05) is 13.8 Å². The fourth-order valence-corrected chi connectivity index (χ4v) is 4.73. The lowest BCUT2D eigenvalue weighted by Gasteiger charge is -2.31. The van der Waals surface area contributed by atoms with Gasteiger partial charge in [-0.25, -0.2) is 8.42 Å². The van der Waals surface area contributed by atoms with Crippen molar-refractivity contribution in [3.63, 3.8) is 0 Å². The first-order valence-electron chi connectivity index (χ1n) is 8.03. The average Bonchev–Trinajstić information content (AvgIpc) is 2.84. The molecule has 0 bridgehead atoms. The van der Waals surface area contributed by atoms with Crippen molar-refractivity contribution in [2.24, 2.45) is 11.8 Å². The van der Waals surface area contributed by atoms with Crippen molar-refractivity contribution in [3.8, 4) is 0 Å². The highest BCUT2D eigenvalue weighted by molar-refractivity contribution is 7.89. The second kappa shape index (κ2) is 7.00. The van der Waals surface area contributed by atoms with Crippen LogP contribution in [0.1, 0.15) is 38.1 Å². The van der Waals surface area contributed by atoms with E-state index < -0.39 is 10.0 Å². The first-order chi connectivity index (χ1) is 10.7. The molecule has 130 valence electrons. The summed E-state index contributed by atoms with van der Waals surface area (Å²) in [5.74, 6) is 0.0302. The average molecular weight is 342 g/mol. The molecule has 1 aliphatic rings. The third-order valence-corrected chi connectivity index (χ3v) is 6.23. The van der Waals surface area contributed by atoms with Gasteiger partial charge in [0.15, 0.2) is 0 Å². The number of nitrogens with one attached hydrogen (secondary N) is 2. The molecule has 2 heterocycles. The van der Waals surface area contributed by atoms with Crippen LogP contribution in [0, 0.1) is 25.7 Å². The standard InChI is InChI=1S/C15H26N4O3S/c1-10(2)8-16-15(20)13-6-5-7-19(9-13)23(21,22)14-11(3)17-18-12(14)4/h10,13H,5-9H2,1-4H3,(H,16,20)(H,17,18). The number of aromatic nitrogens is 2. The summed E-state index contributed by atoms with van der Waals surface area (Å²) >= 11 is 0. The molecule has 0 spiro atoms. The Morgan fingerprint density at radius 1 is 1.43 bits per heavy atom. The Kier molecular flexibility index (Phi) is 5.46. The smallest absolute Gasteiger partial charge is 0.246 e. The molecule has 2 N–H and O–H groups in total. The molecule has 1 amide bonds. The minimum absolute atomic E-state index is 0.0563. The predicted molar refractivity (Wildman–Crippen MR) is 87.4 cm³/mol. The van der Waals surface area contributed by atoms with Crippen molar-refractivity contribution in [1.29, 1.82) is 0 Å². The molecular weight excluding hydrogens is 316 g/mol. The van der Waals surface area contributed by atoms with Crippen LogP contribution in [-0.4, -0.2) is 48.5 Å². The van der Waals surface area contributed by atoms with E-state index in [0.29, 0.717) is 36.8 Å². The second-order valence-corrected chi connectivity index (χ2v) is 8.48. The van der Waals surface area contributed by atoms with E-state index in [4.69, 9.17) is 0 Å². The Balaban J connectivity index is 2.13. The van der Waals surface area contributed by atoms with E-state index in [9.17, 15) is 13.2 Å². The fourth-order valence-electron chi connectivity index (χ4n) is 2.87. The largest absolute Gasteiger partial charge is 0.356 e. The van der Waals surface area contributed by atoms with E-state index in [2.05, 4.69) is 15.5 Å². The third-order valence-electron chi connectivity index (χ3n) is 4.10. The number of amides is 1. The highest BCUT2D eigenvalue weighted by atomic mass is 32.2. The summed E-state index contributed by atoms with van der Waals surface area (Å²) in [4.78, 5) is 12.5. The van der Waals surface area contributed by atoms with Crippen LogP contribution in [0.15, 0.2) is 4.90 Å². The molecule has 23 heavy (non-hydrogen) atoms. The van der Waals surface area contributed by atoms with Crippen LogP contribution in [-0.2, 0) is 14.8 Å². The van der Waals surface area contributed by atoms with Gasteiger partial charge >= 0.3 is 0 Å². The van der Waals surface area contributed by atoms with Gasteiger partial charge in [-0.3, -0.25) is 9.89 Å². The normalized spacial score (nSPS) is 20.0. The van der Waals surface area contributed by atoms with Gasteiger partial charge in [-0.2, -0.15) is 9.40 Å². The fraction of sp³-hybridized carbons (Fsp3) is 0.733. The molecule has 8 heteroatoms. The third kappa shape index (κ3) is 3.92. The van der Waals surface area contributed by atoms with Crippen molar-refractivity contribution in [3.05, 3.63) is 11.4 Å². The molecule has 1 aromatic heterocycles. The molecule has 1 saturated heterocycles. The van der Waals surface area contributed by atoms with Crippen molar-refractivity contribution in [2.45, 2.75) is 45.4 Å². The molecule has 1 atom stereocenters. The SMILES string of the molecule is Cc1n[nH]c(C)c1S(=O)(=O)N1CCCC(C(=O)NCC(C)C)C1. The number of nitrogens with zero attached hydrogens (tertiary/aromatic N) is 2. The highest BCUT2D eigenvalue weighted by Gasteiger charge is 2.35. The number of sulfonamides is 1. The Morgan fingerprint density at radius 2 is 2.13 bits per heavy atom. The number of carbonyl (C=O) groups is 1. The van der Waals surface area contributed by atoms with E-state index in [0.717, 1.165) is 6.42 Å². The number of hydrogen-bond donors (Lipinski definition) is 2. The van der Waals surface area contributed by atoms with Crippen LogP contribution in [0.5, 0.6) is 0 Å². The van der Waals surface area contributed by atoms with Gasteiger partial charge in [-0.1, -0.05) is 13.8 Å². The van der Waals surface area contributed by atoms with Gasteiger partial charge in [-0.15, -0.1) is 0 Å². The van der Waals surface area contributed by atoms with Crippen LogP contribution in [0.3, 0.4) is 0 Å². The first-order valence-corrected chi connectivity index (χ1v) is 9.47. The summed E-state index contributed by atoms with van der Waals surface area (Å²) in [6.45, 7) is 8.72. The maximum absolute atomic E-state index is 12.9. The summed E-state index contributed by atoms with van der Waals surface area (Å²) < 4.78 is 27.1. The molecule has 2 rings (SSSR count). The summed E-state index contributed by atoms with van der Waals surface area (Å²) in [6, 6.07) is 0. The number of carbonyl (C=O) groups excluding carboxylic acids is 1. The Labute approximate surface area is 137 Å². The van der Waals surface area contributed by atoms with Gasteiger partial charge < -0.3 is 5.32 Å². The summed E-state index contributed by atoms with van der Waals surface area (Å²) in [7, 11) is -3.62. The van der Waals surface area contributed by atoms with E-state index in [-0.39, 0.29) is 23.3 Å². The van der Waals surface area contributed by atoms with Gasteiger partial charge in [0.05, 0.1) is 17.3 Å². The van der Waals surface area contributed by atoms with Crippen LogP contribution in [0.25, 0.3) is 0 Å². The topological polar surface area (TPSA) is 95.2 Å². The number of piperidine rings is 1. The Hall–Kier alpha value is -1.41. The van der Waals surface area contributed by atoms with Gasteiger partial charge in [0.25, 0.3) is 0 Å². The molecule has 1 aromatic rings. The Morgan fingerprint density at radius 3 is 2.70 bits per heavy atom. The first kappa shape index (κ1) is 17.9. The zero-order chi connectivity index (χ0) is 17.2. The van der Waals surface area contributed by atoms with Gasteiger partial charge in [0.1, 0.15) is 4.90 Å². The lowest BCUT2D eigenvalue weighted by atomic mass is 9.98. The minimum Gasteiger partial charge on any atom is -0.356 e. The highest BCUT2D eigenvalue weighted by Crippen LogP contribution is 2.26. The molecule has 0 aromatic carbocycles. The number of hydrogen-bond acceptors (Lipinski definition) is 4. The molecule has 0 saturated carbocycles. The van der Waals surface area contributed by atoms with Crippen molar-refractivity contribution >= 4 is 15.9 Å². The number of aromatic amines is 1. The molecule has 1 unspecified atom stereocenters. The van der Waals surface area contributed by atoms with E-state index in [1.165, 1.54) is 4.31 Å². The molecule has 1 aliphatic heterocycles. The van der Waals surface area contributed by atoms with Gasteiger partial charge in [0.2, 0.25) is 15.9 Å². The van der Waals surface area contributed by atoms with Crippen molar-refractivity contribution in [1.82, 2.24) is 19.8 Å². The maximum Gasteiger partial charge on any atom is 0.246 e. The summed E-state index contributed by atoms with van der Waals surface area (Å²) in [5, 5.41) is 9.59. The summed E-state index contributed by atoms with van der Waals surface area (Å²) in [6.07, 6.45) is 1.41. The van der Waals surface area contributed by atoms with E-state index in [1.54, 1.807) is 13.8 Å².